The van der Waals surface area contributed by atoms with Crippen molar-refractivity contribution < 1.29 is 9.84 Å². The lowest BCUT2D eigenvalue weighted by molar-refractivity contribution is -0.0582. The average molecular weight is 230 g/mol. The molecule has 1 atom stereocenters. The summed E-state index contributed by atoms with van der Waals surface area (Å²) >= 11 is 0. The zero-order chi connectivity index (χ0) is 12.2. The molecule has 1 aliphatic rings. The summed E-state index contributed by atoms with van der Waals surface area (Å²) in [6, 6.07) is 0. The molecule has 1 N–H and O–H groups in total. The minimum atomic E-state index is -0.373. The number of hydrogen-bond acceptors (Lipinski definition) is 4. The number of nitrogens with zero attached hydrogens (tertiary/aromatic N) is 2. The summed E-state index contributed by atoms with van der Waals surface area (Å²) in [5.74, 6) is 0. The Morgan fingerprint density at radius 3 is 2.25 bits per heavy atom. The molecule has 0 bridgehead atoms. The Hall–Kier alpha value is -0.160. The van der Waals surface area contributed by atoms with E-state index in [1.807, 2.05) is 20.8 Å². The Morgan fingerprint density at radius 2 is 1.75 bits per heavy atom. The van der Waals surface area contributed by atoms with Gasteiger partial charge in [0.25, 0.3) is 0 Å². The number of β-amino-alcohol motifs (C(OH)–C–C–N with tert-alkyl or cyclic N) is 1. The van der Waals surface area contributed by atoms with Crippen LogP contribution >= 0.6 is 0 Å². The maximum absolute atomic E-state index is 9.85. The molecule has 0 saturated carbocycles. The van der Waals surface area contributed by atoms with Gasteiger partial charge in [0.2, 0.25) is 0 Å². The molecule has 4 heteroatoms. The topological polar surface area (TPSA) is 35.9 Å². The van der Waals surface area contributed by atoms with Crippen LogP contribution in [0.4, 0.5) is 0 Å². The monoisotopic (exact) mass is 230 g/mol. The molecule has 96 valence electrons. The smallest absolute Gasteiger partial charge is 0.0900 e. The van der Waals surface area contributed by atoms with Gasteiger partial charge in [-0.25, -0.2) is 0 Å². The van der Waals surface area contributed by atoms with E-state index in [4.69, 9.17) is 4.74 Å². The van der Waals surface area contributed by atoms with Crippen LogP contribution in [0.25, 0.3) is 0 Å². The zero-order valence-corrected chi connectivity index (χ0v) is 11.1. The van der Waals surface area contributed by atoms with Crippen LogP contribution in [0.1, 0.15) is 20.8 Å². The minimum Gasteiger partial charge on any atom is -0.389 e. The van der Waals surface area contributed by atoms with E-state index in [1.165, 1.54) is 0 Å². The Bertz CT molecular complexity index is 196. The molecule has 1 heterocycles. The summed E-state index contributed by atoms with van der Waals surface area (Å²) < 4.78 is 5.57. The Kier molecular flexibility index (Phi) is 5.18. The molecule has 0 aromatic rings. The predicted molar refractivity (Wildman–Crippen MR) is 65.6 cm³/mol. The number of likely N-dealkylation sites (N-methyl/N-ethyl adjacent to an activating group) is 1. The number of hydrogen-bond donors (Lipinski definition) is 1. The second kappa shape index (κ2) is 5.96. The molecule has 0 aliphatic carbocycles. The van der Waals surface area contributed by atoms with E-state index in [-0.39, 0.29) is 11.7 Å². The number of rotatable bonds is 4. The first-order valence-corrected chi connectivity index (χ1v) is 6.10. The first kappa shape index (κ1) is 13.9. The molecule has 4 nitrogen and oxygen atoms in total. The molecule has 16 heavy (non-hydrogen) atoms. The Morgan fingerprint density at radius 1 is 1.19 bits per heavy atom. The zero-order valence-electron chi connectivity index (χ0n) is 11.1. The van der Waals surface area contributed by atoms with E-state index in [9.17, 15) is 5.11 Å². The number of piperazine rings is 1. The van der Waals surface area contributed by atoms with Crippen LogP contribution in [0.5, 0.6) is 0 Å². The quantitative estimate of drug-likeness (QED) is 0.759. The second-order valence-electron chi connectivity index (χ2n) is 5.68. The maximum Gasteiger partial charge on any atom is 0.0900 e. The molecule has 1 saturated heterocycles. The van der Waals surface area contributed by atoms with Crippen molar-refractivity contribution in [3.05, 3.63) is 0 Å². The van der Waals surface area contributed by atoms with Crippen LogP contribution in [0.3, 0.4) is 0 Å². The third kappa shape index (κ3) is 5.80. The fourth-order valence-electron chi connectivity index (χ4n) is 1.73. The first-order chi connectivity index (χ1) is 7.37. The summed E-state index contributed by atoms with van der Waals surface area (Å²) in [7, 11) is 2.14. The molecule has 0 radical (unpaired) electrons. The average Bonchev–Trinajstić information content (AvgIpc) is 2.18. The van der Waals surface area contributed by atoms with E-state index >= 15 is 0 Å². The van der Waals surface area contributed by atoms with Gasteiger partial charge in [0.15, 0.2) is 0 Å². The molecule has 1 rings (SSSR count). The van der Waals surface area contributed by atoms with Crippen molar-refractivity contribution in [2.75, 3.05) is 46.4 Å². The van der Waals surface area contributed by atoms with Crippen LogP contribution < -0.4 is 0 Å². The maximum atomic E-state index is 9.85. The molecule has 1 aliphatic heterocycles. The van der Waals surface area contributed by atoms with Gasteiger partial charge in [0, 0.05) is 32.7 Å². The minimum absolute atomic E-state index is 0.164. The van der Waals surface area contributed by atoms with Gasteiger partial charge in [-0.05, 0) is 27.8 Å². The second-order valence-corrected chi connectivity index (χ2v) is 5.68. The standard InChI is InChI=1S/C12H26N2O2/c1-12(2,3)16-10-11(15)9-14-7-5-13(4)6-8-14/h11,15H,5-10H2,1-4H3. The van der Waals surface area contributed by atoms with Gasteiger partial charge >= 0.3 is 0 Å². The summed E-state index contributed by atoms with van der Waals surface area (Å²) in [4.78, 5) is 4.62. The van der Waals surface area contributed by atoms with Crippen molar-refractivity contribution >= 4 is 0 Å². The molecule has 1 fully saturated rings. The van der Waals surface area contributed by atoms with Gasteiger partial charge in [-0.15, -0.1) is 0 Å². The fourth-order valence-corrected chi connectivity index (χ4v) is 1.73. The Labute approximate surface area is 99.2 Å². The highest BCUT2D eigenvalue weighted by Gasteiger charge is 2.19. The van der Waals surface area contributed by atoms with Crippen molar-refractivity contribution in [3.63, 3.8) is 0 Å². The third-order valence-electron chi connectivity index (χ3n) is 2.77. The van der Waals surface area contributed by atoms with E-state index < -0.39 is 0 Å². The van der Waals surface area contributed by atoms with Gasteiger partial charge in [-0.2, -0.15) is 0 Å². The molecule has 0 amide bonds. The van der Waals surface area contributed by atoms with E-state index in [2.05, 4.69) is 16.8 Å². The lowest BCUT2D eigenvalue weighted by atomic mass is 10.2. The van der Waals surface area contributed by atoms with Crippen LogP contribution in [0.15, 0.2) is 0 Å². The van der Waals surface area contributed by atoms with Gasteiger partial charge in [0.1, 0.15) is 0 Å². The summed E-state index contributed by atoms with van der Waals surface area (Å²) in [5, 5.41) is 9.85. The molecule has 0 aromatic carbocycles. The highest BCUT2D eigenvalue weighted by atomic mass is 16.5. The highest BCUT2D eigenvalue weighted by molar-refractivity contribution is 4.72. The predicted octanol–water partition coefficient (Wildman–Crippen LogP) is 0.410. The molecule has 0 spiro atoms. The van der Waals surface area contributed by atoms with Crippen LogP contribution in [0.2, 0.25) is 0 Å². The molecular weight excluding hydrogens is 204 g/mol. The van der Waals surface area contributed by atoms with Crippen LogP contribution in [0, 0.1) is 0 Å². The summed E-state index contributed by atoms with van der Waals surface area (Å²) in [5.41, 5.74) is -0.164. The van der Waals surface area contributed by atoms with E-state index in [0.29, 0.717) is 6.61 Å². The molecular formula is C12H26N2O2. The van der Waals surface area contributed by atoms with Gasteiger partial charge in [-0.3, -0.25) is 4.90 Å². The fraction of sp³-hybridized carbons (Fsp3) is 1.00. The lowest BCUT2D eigenvalue weighted by Crippen LogP contribution is -2.47. The molecule has 1 unspecified atom stereocenters. The van der Waals surface area contributed by atoms with Crippen molar-refractivity contribution in [2.24, 2.45) is 0 Å². The van der Waals surface area contributed by atoms with Gasteiger partial charge < -0.3 is 14.7 Å². The van der Waals surface area contributed by atoms with Crippen molar-refractivity contribution in [1.82, 2.24) is 9.80 Å². The van der Waals surface area contributed by atoms with E-state index in [0.717, 1.165) is 32.7 Å². The van der Waals surface area contributed by atoms with Crippen molar-refractivity contribution in [2.45, 2.75) is 32.5 Å². The highest BCUT2D eigenvalue weighted by Crippen LogP contribution is 2.08. The van der Waals surface area contributed by atoms with Crippen molar-refractivity contribution in [1.29, 1.82) is 0 Å². The Balaban J connectivity index is 2.16. The lowest BCUT2D eigenvalue weighted by Gasteiger charge is -2.34. The van der Waals surface area contributed by atoms with Gasteiger partial charge in [-0.1, -0.05) is 0 Å². The number of ether oxygens (including phenoxy) is 1. The van der Waals surface area contributed by atoms with Gasteiger partial charge in [0.05, 0.1) is 18.3 Å². The number of aliphatic hydroxyl groups is 1. The largest absolute Gasteiger partial charge is 0.389 e. The number of aliphatic hydroxyl groups excluding tert-OH is 1. The SMILES string of the molecule is CN1CCN(CC(O)COC(C)(C)C)CC1. The first-order valence-electron chi connectivity index (χ1n) is 6.10. The molecule has 0 aromatic heterocycles. The summed E-state index contributed by atoms with van der Waals surface area (Å²) in [6.07, 6.45) is -0.373. The third-order valence-corrected chi connectivity index (χ3v) is 2.77. The summed E-state index contributed by atoms with van der Waals surface area (Å²) in [6.45, 7) is 11.5. The van der Waals surface area contributed by atoms with Crippen molar-refractivity contribution in [3.8, 4) is 0 Å². The van der Waals surface area contributed by atoms with Crippen LogP contribution in [-0.2, 0) is 4.74 Å². The normalized spacial score (nSPS) is 22.3. The van der Waals surface area contributed by atoms with E-state index in [1.54, 1.807) is 0 Å². The van der Waals surface area contributed by atoms with Crippen LogP contribution in [-0.4, -0.2) is 73.0 Å².